The third-order valence-electron chi connectivity index (χ3n) is 4.84. The van der Waals surface area contributed by atoms with Crippen LogP contribution in [0.3, 0.4) is 0 Å². The van der Waals surface area contributed by atoms with Crippen LogP contribution in [-0.4, -0.2) is 19.0 Å². The Labute approximate surface area is 102 Å². The van der Waals surface area contributed by atoms with Crippen LogP contribution in [0.4, 0.5) is 0 Å². The lowest BCUT2D eigenvalue weighted by Crippen LogP contribution is -2.52. The number of ether oxygens (including phenoxy) is 2. The van der Waals surface area contributed by atoms with Crippen molar-refractivity contribution in [3.05, 3.63) is 34.9 Å². The smallest absolute Gasteiger partial charge is 0.175 e. The molecule has 0 unspecified atom stereocenters. The molecule has 2 fully saturated rings. The first-order chi connectivity index (χ1) is 8.30. The second-order valence-electron chi connectivity index (χ2n) is 5.62. The number of aryl methyl sites for hydroxylation is 1. The van der Waals surface area contributed by atoms with E-state index in [1.807, 2.05) is 0 Å². The molecule has 1 saturated carbocycles. The summed E-state index contributed by atoms with van der Waals surface area (Å²) in [4.78, 5) is 0. The van der Waals surface area contributed by atoms with Gasteiger partial charge in [0, 0.05) is 12.3 Å². The number of benzene rings is 1. The standard InChI is InChI=1S/C15H18O2/c1-10-3-2-4-11-9-15(16-7-8-17-15)13-6-5-12(13)14(10)11/h2-4,12-13H,5-9H2,1H3/t12-,13+/m1/s1. The van der Waals surface area contributed by atoms with Crippen molar-refractivity contribution in [2.24, 2.45) is 5.92 Å². The topological polar surface area (TPSA) is 18.5 Å². The lowest BCUT2D eigenvalue weighted by Gasteiger charge is -2.51. The van der Waals surface area contributed by atoms with Crippen LogP contribution in [0.2, 0.25) is 0 Å². The van der Waals surface area contributed by atoms with E-state index in [1.54, 1.807) is 5.56 Å². The SMILES string of the molecule is Cc1cccc2c1[C@@H]1CC[C@@H]1C1(C2)OCCO1. The van der Waals surface area contributed by atoms with E-state index in [1.165, 1.54) is 24.0 Å². The second kappa shape index (κ2) is 3.33. The van der Waals surface area contributed by atoms with E-state index in [0.29, 0.717) is 11.8 Å². The molecule has 1 heterocycles. The fourth-order valence-corrected chi connectivity index (χ4v) is 3.98. The molecule has 1 aromatic carbocycles. The number of rotatable bonds is 0. The molecule has 0 bridgehead atoms. The first-order valence-electron chi connectivity index (χ1n) is 6.66. The van der Waals surface area contributed by atoms with Crippen LogP contribution in [0.5, 0.6) is 0 Å². The molecule has 1 spiro atoms. The summed E-state index contributed by atoms with van der Waals surface area (Å²) in [6.07, 6.45) is 3.51. The Balaban J connectivity index is 1.84. The molecule has 90 valence electrons. The number of fused-ring (bicyclic) bond motifs is 4. The van der Waals surface area contributed by atoms with Crippen LogP contribution in [0.25, 0.3) is 0 Å². The van der Waals surface area contributed by atoms with Crippen molar-refractivity contribution < 1.29 is 9.47 Å². The molecular weight excluding hydrogens is 212 g/mol. The van der Waals surface area contributed by atoms with Gasteiger partial charge in [0.1, 0.15) is 0 Å². The number of hydrogen-bond donors (Lipinski definition) is 0. The fraction of sp³-hybridized carbons (Fsp3) is 0.600. The Morgan fingerprint density at radius 3 is 2.71 bits per heavy atom. The largest absolute Gasteiger partial charge is 0.347 e. The van der Waals surface area contributed by atoms with Crippen LogP contribution < -0.4 is 0 Å². The minimum absolute atomic E-state index is 0.274. The average Bonchev–Trinajstić information content (AvgIpc) is 2.69. The maximum Gasteiger partial charge on any atom is 0.175 e. The van der Waals surface area contributed by atoms with Gasteiger partial charge in [0.25, 0.3) is 0 Å². The van der Waals surface area contributed by atoms with Crippen LogP contribution in [-0.2, 0) is 15.9 Å². The molecule has 4 rings (SSSR count). The summed E-state index contributed by atoms with van der Waals surface area (Å²) in [5.41, 5.74) is 4.49. The zero-order valence-corrected chi connectivity index (χ0v) is 10.2. The highest BCUT2D eigenvalue weighted by atomic mass is 16.7. The van der Waals surface area contributed by atoms with Crippen molar-refractivity contribution in [1.29, 1.82) is 0 Å². The predicted molar refractivity (Wildman–Crippen MR) is 65.0 cm³/mol. The van der Waals surface area contributed by atoms with Crippen LogP contribution in [0.15, 0.2) is 18.2 Å². The van der Waals surface area contributed by atoms with E-state index in [2.05, 4.69) is 25.1 Å². The quantitative estimate of drug-likeness (QED) is 0.682. The van der Waals surface area contributed by atoms with E-state index >= 15 is 0 Å². The van der Waals surface area contributed by atoms with Gasteiger partial charge in [0.05, 0.1) is 13.2 Å². The minimum atomic E-state index is -0.274. The van der Waals surface area contributed by atoms with Gasteiger partial charge in [-0.2, -0.15) is 0 Å². The molecule has 2 atom stereocenters. The van der Waals surface area contributed by atoms with Gasteiger partial charge >= 0.3 is 0 Å². The van der Waals surface area contributed by atoms with Gasteiger partial charge in [-0.1, -0.05) is 18.2 Å². The molecule has 0 radical (unpaired) electrons. The van der Waals surface area contributed by atoms with Gasteiger partial charge in [-0.15, -0.1) is 0 Å². The van der Waals surface area contributed by atoms with Gasteiger partial charge in [-0.05, 0) is 42.4 Å². The van der Waals surface area contributed by atoms with Crippen molar-refractivity contribution >= 4 is 0 Å². The fourth-order valence-electron chi connectivity index (χ4n) is 3.98. The van der Waals surface area contributed by atoms with E-state index in [4.69, 9.17) is 9.47 Å². The van der Waals surface area contributed by atoms with E-state index < -0.39 is 0 Å². The highest BCUT2D eigenvalue weighted by molar-refractivity contribution is 5.43. The predicted octanol–water partition coefficient (Wildman–Crippen LogP) is 2.79. The molecule has 0 aromatic heterocycles. The van der Waals surface area contributed by atoms with Crippen molar-refractivity contribution in [3.8, 4) is 0 Å². The summed E-state index contributed by atoms with van der Waals surface area (Å²) in [5.74, 6) is 1.00. The first kappa shape index (κ1) is 10.1. The average molecular weight is 230 g/mol. The maximum atomic E-state index is 5.99. The van der Waals surface area contributed by atoms with Crippen molar-refractivity contribution in [2.45, 2.75) is 37.9 Å². The van der Waals surface area contributed by atoms with Gasteiger partial charge in [0.15, 0.2) is 5.79 Å². The molecule has 1 aliphatic heterocycles. The monoisotopic (exact) mass is 230 g/mol. The molecule has 1 aromatic rings. The summed E-state index contributed by atoms with van der Waals surface area (Å²) in [5, 5.41) is 0. The molecule has 0 amide bonds. The van der Waals surface area contributed by atoms with Crippen molar-refractivity contribution in [3.63, 3.8) is 0 Å². The highest BCUT2D eigenvalue weighted by Crippen LogP contribution is 2.57. The number of hydrogen-bond acceptors (Lipinski definition) is 2. The molecule has 2 aliphatic carbocycles. The summed E-state index contributed by atoms with van der Waals surface area (Å²) in [6, 6.07) is 6.65. The molecule has 17 heavy (non-hydrogen) atoms. The van der Waals surface area contributed by atoms with Gasteiger partial charge in [-0.3, -0.25) is 0 Å². The molecule has 1 saturated heterocycles. The normalized spacial score (nSPS) is 33.0. The molecule has 2 heteroatoms. The zero-order valence-electron chi connectivity index (χ0n) is 10.2. The Morgan fingerprint density at radius 1 is 1.18 bits per heavy atom. The summed E-state index contributed by atoms with van der Waals surface area (Å²) in [7, 11) is 0. The van der Waals surface area contributed by atoms with E-state index in [9.17, 15) is 0 Å². The van der Waals surface area contributed by atoms with E-state index in [-0.39, 0.29) is 5.79 Å². The minimum Gasteiger partial charge on any atom is -0.347 e. The molecule has 3 aliphatic rings. The summed E-state index contributed by atoms with van der Waals surface area (Å²) in [6.45, 7) is 3.78. The van der Waals surface area contributed by atoms with Crippen molar-refractivity contribution in [1.82, 2.24) is 0 Å². The lowest BCUT2D eigenvalue weighted by atomic mass is 9.59. The zero-order chi connectivity index (χ0) is 11.5. The molecule has 0 N–H and O–H groups in total. The Kier molecular flexibility index (Phi) is 1.98. The lowest BCUT2D eigenvalue weighted by molar-refractivity contribution is -0.222. The third kappa shape index (κ3) is 1.23. The van der Waals surface area contributed by atoms with Gasteiger partial charge in [-0.25, -0.2) is 0 Å². The van der Waals surface area contributed by atoms with Crippen molar-refractivity contribution in [2.75, 3.05) is 13.2 Å². The Morgan fingerprint density at radius 2 is 2.00 bits per heavy atom. The van der Waals surface area contributed by atoms with Gasteiger partial charge in [0.2, 0.25) is 0 Å². The third-order valence-corrected chi connectivity index (χ3v) is 4.84. The van der Waals surface area contributed by atoms with Crippen LogP contribution in [0.1, 0.15) is 35.4 Å². The summed E-state index contributed by atoms with van der Waals surface area (Å²) < 4.78 is 12.0. The second-order valence-corrected chi connectivity index (χ2v) is 5.62. The van der Waals surface area contributed by atoms with E-state index in [0.717, 1.165) is 19.6 Å². The maximum absolute atomic E-state index is 5.99. The highest BCUT2D eigenvalue weighted by Gasteiger charge is 2.55. The molecule has 2 nitrogen and oxygen atoms in total. The first-order valence-corrected chi connectivity index (χ1v) is 6.66. The Bertz CT molecular complexity index is 460. The van der Waals surface area contributed by atoms with Gasteiger partial charge < -0.3 is 9.47 Å². The van der Waals surface area contributed by atoms with Crippen LogP contribution in [0, 0.1) is 12.8 Å². The van der Waals surface area contributed by atoms with Crippen LogP contribution >= 0.6 is 0 Å². The Hall–Kier alpha value is -0.860. The molecular formula is C15H18O2. The summed E-state index contributed by atoms with van der Waals surface area (Å²) >= 11 is 0.